The number of sulfonamides is 1. The van der Waals surface area contributed by atoms with E-state index in [2.05, 4.69) is 31.6 Å². The summed E-state index contributed by atoms with van der Waals surface area (Å²) in [5, 5.41) is 13.0. The lowest BCUT2D eigenvalue weighted by molar-refractivity contribution is 0.126. The largest absolute Gasteiger partial charge is 0.481 e. The van der Waals surface area contributed by atoms with Crippen molar-refractivity contribution in [2.24, 2.45) is 0 Å². The monoisotopic (exact) mass is 533 g/mol. The maximum atomic E-state index is 12.6. The van der Waals surface area contributed by atoms with Crippen LogP contribution in [0.5, 0.6) is 5.88 Å². The number of nitrogens with zero attached hydrogens (tertiary/aromatic N) is 3. The lowest BCUT2D eigenvalue weighted by Gasteiger charge is -2.26. The third-order valence-electron chi connectivity index (χ3n) is 5.91. The summed E-state index contributed by atoms with van der Waals surface area (Å²) in [5.74, 6) is 1.04. The van der Waals surface area contributed by atoms with E-state index in [-0.39, 0.29) is 27.9 Å². The SMILES string of the molecule is C=C/C=C\C(Cl)=C(/C)S(=O)(=O)Nc1ccc(CCc2cnc(N[C@H]3CC[C@H](O)CC3)nc2)c(OC)n1. The molecule has 0 amide bonds. The van der Waals surface area contributed by atoms with Gasteiger partial charge in [0.05, 0.1) is 23.2 Å². The minimum Gasteiger partial charge on any atom is -0.481 e. The molecule has 3 N–H and O–H groups in total. The fourth-order valence-corrected chi connectivity index (χ4v) is 4.99. The molecular formula is C25H32ClN5O4S. The van der Waals surface area contributed by atoms with E-state index in [1.807, 2.05) is 0 Å². The normalized spacial score (nSPS) is 19.0. The number of nitrogens with one attached hydrogen (secondary N) is 2. The molecule has 0 spiro atoms. The van der Waals surface area contributed by atoms with Crippen LogP contribution in [0.2, 0.25) is 0 Å². The highest BCUT2D eigenvalue weighted by Gasteiger charge is 2.20. The Labute approximate surface area is 217 Å². The zero-order valence-corrected chi connectivity index (χ0v) is 22.0. The van der Waals surface area contributed by atoms with Crippen molar-refractivity contribution in [3.63, 3.8) is 0 Å². The first-order valence-corrected chi connectivity index (χ1v) is 13.6. The van der Waals surface area contributed by atoms with Gasteiger partial charge in [0.25, 0.3) is 10.0 Å². The van der Waals surface area contributed by atoms with Crippen molar-refractivity contribution >= 4 is 33.4 Å². The topological polar surface area (TPSA) is 126 Å². The average molecular weight is 534 g/mol. The Balaban J connectivity index is 1.61. The Morgan fingerprint density at radius 3 is 2.56 bits per heavy atom. The molecule has 0 radical (unpaired) electrons. The second-order valence-electron chi connectivity index (χ2n) is 8.53. The van der Waals surface area contributed by atoms with Gasteiger partial charge in [-0.2, -0.15) is 4.98 Å². The molecule has 1 aliphatic carbocycles. The number of halogens is 1. The lowest BCUT2D eigenvalue weighted by atomic mass is 9.93. The summed E-state index contributed by atoms with van der Waals surface area (Å²) < 4.78 is 33.1. The van der Waals surface area contributed by atoms with Gasteiger partial charge in [-0.05, 0) is 69.2 Å². The molecule has 2 aromatic heterocycles. The van der Waals surface area contributed by atoms with Crippen LogP contribution in [0.3, 0.4) is 0 Å². The van der Waals surface area contributed by atoms with E-state index in [0.29, 0.717) is 24.7 Å². The zero-order valence-electron chi connectivity index (χ0n) is 20.4. The quantitative estimate of drug-likeness (QED) is 0.364. The van der Waals surface area contributed by atoms with Crippen molar-refractivity contribution < 1.29 is 18.3 Å². The summed E-state index contributed by atoms with van der Waals surface area (Å²) in [6.45, 7) is 4.95. The summed E-state index contributed by atoms with van der Waals surface area (Å²) in [5.41, 5.74) is 1.78. The number of aryl methyl sites for hydroxylation is 2. The first-order valence-electron chi connectivity index (χ1n) is 11.7. The van der Waals surface area contributed by atoms with Gasteiger partial charge in [-0.25, -0.2) is 18.4 Å². The molecule has 194 valence electrons. The van der Waals surface area contributed by atoms with E-state index in [4.69, 9.17) is 16.3 Å². The van der Waals surface area contributed by atoms with E-state index in [0.717, 1.165) is 36.8 Å². The van der Waals surface area contributed by atoms with Crippen LogP contribution in [0.4, 0.5) is 11.8 Å². The lowest BCUT2D eigenvalue weighted by Crippen LogP contribution is -2.28. The average Bonchev–Trinajstić information content (AvgIpc) is 2.87. The number of rotatable bonds is 11. The van der Waals surface area contributed by atoms with Crippen LogP contribution in [0.25, 0.3) is 0 Å². The molecule has 11 heteroatoms. The van der Waals surface area contributed by atoms with Gasteiger partial charge in [-0.1, -0.05) is 30.3 Å². The standard InChI is InChI=1S/C25H32ClN5O4S/c1-4-5-6-22(26)17(2)36(33,34)31-23-14-9-19(24(30-23)35-3)8-7-18-15-27-25(28-16-18)29-20-10-12-21(32)13-11-20/h4-6,9,14-16,20-21,32H,1,7-8,10-13H2,2-3H3,(H,30,31)(H,27,28,29)/b6-5-,22-17-/t20-,21-. The highest BCUT2D eigenvalue weighted by atomic mass is 35.5. The highest BCUT2D eigenvalue weighted by Crippen LogP contribution is 2.24. The first-order chi connectivity index (χ1) is 17.2. The number of ether oxygens (including phenoxy) is 1. The molecule has 1 fully saturated rings. The van der Waals surface area contributed by atoms with Gasteiger partial charge in [-0.15, -0.1) is 0 Å². The van der Waals surface area contributed by atoms with E-state index in [1.165, 1.54) is 26.2 Å². The van der Waals surface area contributed by atoms with Gasteiger partial charge in [0, 0.05) is 24.0 Å². The Morgan fingerprint density at radius 2 is 1.92 bits per heavy atom. The first kappa shape index (κ1) is 27.6. The second kappa shape index (κ2) is 12.8. The smallest absolute Gasteiger partial charge is 0.260 e. The number of methoxy groups -OCH3 is 1. The van der Waals surface area contributed by atoms with Gasteiger partial charge in [0.1, 0.15) is 5.82 Å². The molecular weight excluding hydrogens is 502 g/mol. The number of hydrogen-bond donors (Lipinski definition) is 3. The van der Waals surface area contributed by atoms with Crippen molar-refractivity contribution in [3.05, 3.63) is 70.4 Å². The summed E-state index contributed by atoms with van der Waals surface area (Å²) >= 11 is 6.07. The molecule has 0 unspecified atom stereocenters. The van der Waals surface area contributed by atoms with Gasteiger partial charge >= 0.3 is 0 Å². The zero-order chi connectivity index (χ0) is 26.1. The number of hydrogen-bond acceptors (Lipinski definition) is 8. The van der Waals surface area contributed by atoms with E-state index in [9.17, 15) is 13.5 Å². The van der Waals surface area contributed by atoms with Crippen LogP contribution in [0.1, 0.15) is 43.7 Å². The molecule has 0 aromatic carbocycles. The molecule has 2 aromatic rings. The van der Waals surface area contributed by atoms with Crippen molar-refractivity contribution in [3.8, 4) is 5.88 Å². The molecule has 0 atom stereocenters. The van der Waals surface area contributed by atoms with Crippen molar-refractivity contribution in [1.82, 2.24) is 15.0 Å². The molecule has 0 aliphatic heterocycles. The number of pyridine rings is 1. The predicted molar refractivity (Wildman–Crippen MR) is 143 cm³/mol. The minimum absolute atomic E-state index is 0.0360. The molecule has 1 aliphatic rings. The number of aromatic nitrogens is 3. The maximum Gasteiger partial charge on any atom is 0.260 e. The van der Waals surface area contributed by atoms with Gasteiger partial charge in [0.15, 0.2) is 0 Å². The predicted octanol–water partition coefficient (Wildman–Crippen LogP) is 4.34. The van der Waals surface area contributed by atoms with Crippen LogP contribution in [-0.2, 0) is 22.9 Å². The molecule has 1 saturated carbocycles. The third kappa shape index (κ3) is 7.78. The summed E-state index contributed by atoms with van der Waals surface area (Å²) in [7, 11) is -2.41. The van der Waals surface area contributed by atoms with Gasteiger partial charge < -0.3 is 15.2 Å². The highest BCUT2D eigenvalue weighted by molar-refractivity contribution is 7.96. The Bertz CT molecular complexity index is 1210. The Kier molecular flexibility index (Phi) is 9.86. The van der Waals surface area contributed by atoms with Crippen LogP contribution in [0.15, 0.2) is 59.3 Å². The summed E-state index contributed by atoms with van der Waals surface area (Å²) in [6.07, 6.45) is 12.5. The third-order valence-corrected chi connectivity index (χ3v) is 7.93. The van der Waals surface area contributed by atoms with Crippen LogP contribution < -0.4 is 14.8 Å². The fraction of sp³-hybridized carbons (Fsp3) is 0.400. The van der Waals surface area contributed by atoms with Crippen LogP contribution in [0, 0.1) is 0 Å². The Hall–Kier alpha value is -2.95. The molecule has 2 heterocycles. The van der Waals surface area contributed by atoms with Crippen LogP contribution >= 0.6 is 11.6 Å². The summed E-state index contributed by atoms with van der Waals surface area (Å²) in [4.78, 5) is 13.1. The van der Waals surface area contributed by atoms with Crippen LogP contribution in [-0.4, -0.2) is 47.7 Å². The van der Waals surface area contributed by atoms with E-state index >= 15 is 0 Å². The van der Waals surface area contributed by atoms with E-state index in [1.54, 1.807) is 30.6 Å². The van der Waals surface area contributed by atoms with Gasteiger partial charge in [0.2, 0.25) is 11.8 Å². The molecule has 9 nitrogen and oxygen atoms in total. The number of anilines is 2. The maximum absolute atomic E-state index is 12.6. The van der Waals surface area contributed by atoms with E-state index < -0.39 is 10.0 Å². The van der Waals surface area contributed by atoms with Crippen molar-refractivity contribution in [2.75, 3.05) is 17.1 Å². The molecule has 0 saturated heterocycles. The van der Waals surface area contributed by atoms with Crippen molar-refractivity contribution in [2.45, 2.75) is 57.6 Å². The van der Waals surface area contributed by atoms with Crippen molar-refractivity contribution in [1.29, 1.82) is 0 Å². The minimum atomic E-state index is -3.89. The van der Waals surface area contributed by atoms with Gasteiger partial charge in [-0.3, -0.25) is 4.72 Å². The number of allylic oxidation sites excluding steroid dienone is 5. The fourth-order valence-electron chi connectivity index (χ4n) is 3.75. The number of aliphatic hydroxyl groups excluding tert-OH is 1. The molecule has 3 rings (SSSR count). The molecule has 0 bridgehead atoms. The molecule has 36 heavy (non-hydrogen) atoms. The number of aliphatic hydroxyl groups is 1. The second-order valence-corrected chi connectivity index (χ2v) is 10.8. The summed E-state index contributed by atoms with van der Waals surface area (Å²) in [6, 6.07) is 3.64. The Morgan fingerprint density at radius 1 is 1.22 bits per heavy atom.